The lowest BCUT2D eigenvalue weighted by atomic mass is 9.83. The number of hydrogen-bond donors (Lipinski definition) is 1. The third-order valence-electron chi connectivity index (χ3n) is 3.83. The number of nitrogens with one attached hydrogen (secondary N) is 1. The Labute approximate surface area is 129 Å². The van der Waals surface area contributed by atoms with E-state index < -0.39 is 5.60 Å². The van der Waals surface area contributed by atoms with Gasteiger partial charge in [0.15, 0.2) is 0 Å². The molecule has 0 radical (unpaired) electrons. The predicted octanol–water partition coefficient (Wildman–Crippen LogP) is 3.93. The lowest BCUT2D eigenvalue weighted by molar-refractivity contribution is -0.0368. The minimum atomic E-state index is -0.481. The first-order valence-corrected chi connectivity index (χ1v) is 7.55. The molecule has 110 valence electrons. The van der Waals surface area contributed by atoms with Crippen molar-refractivity contribution in [2.24, 2.45) is 5.92 Å². The first-order valence-electron chi connectivity index (χ1n) is 6.79. The van der Waals surface area contributed by atoms with E-state index in [1.165, 1.54) is 0 Å². The van der Waals surface area contributed by atoms with Crippen molar-refractivity contribution in [3.8, 4) is 0 Å². The van der Waals surface area contributed by atoms with Crippen molar-refractivity contribution in [3.05, 3.63) is 33.8 Å². The number of carbonyl (C=O) groups excluding carboxylic acids is 1. The standard InChI is InChI=1S/C15H19Cl2NO2/c1-15(2,11-5-7-18-8-6-11)20-14(19)10-3-4-12(16)13(17)9-10/h3-4,9,11,18H,5-8H2,1-2H3. The lowest BCUT2D eigenvalue weighted by Crippen LogP contribution is -2.42. The van der Waals surface area contributed by atoms with E-state index in [2.05, 4.69) is 5.32 Å². The van der Waals surface area contributed by atoms with Crippen LogP contribution in [-0.4, -0.2) is 24.7 Å². The monoisotopic (exact) mass is 315 g/mol. The maximum Gasteiger partial charge on any atom is 0.338 e. The lowest BCUT2D eigenvalue weighted by Gasteiger charge is -2.36. The van der Waals surface area contributed by atoms with E-state index in [4.69, 9.17) is 27.9 Å². The summed E-state index contributed by atoms with van der Waals surface area (Å²) in [6.45, 7) is 5.88. The smallest absolute Gasteiger partial charge is 0.338 e. The number of halogens is 2. The highest BCUT2D eigenvalue weighted by Crippen LogP contribution is 2.30. The number of benzene rings is 1. The van der Waals surface area contributed by atoms with Gasteiger partial charge >= 0.3 is 5.97 Å². The molecule has 0 atom stereocenters. The van der Waals surface area contributed by atoms with E-state index in [0.29, 0.717) is 21.5 Å². The SMILES string of the molecule is CC(C)(OC(=O)c1ccc(Cl)c(Cl)c1)C1CCNCC1. The molecule has 0 saturated carbocycles. The Balaban J connectivity index is 2.07. The number of piperidine rings is 1. The van der Waals surface area contributed by atoms with Crippen molar-refractivity contribution < 1.29 is 9.53 Å². The molecule has 1 aromatic rings. The molecule has 2 rings (SSSR count). The van der Waals surface area contributed by atoms with Gasteiger partial charge in [0, 0.05) is 5.92 Å². The van der Waals surface area contributed by atoms with E-state index in [0.717, 1.165) is 25.9 Å². The van der Waals surface area contributed by atoms with Gasteiger partial charge in [0.05, 0.1) is 15.6 Å². The van der Waals surface area contributed by atoms with Gasteiger partial charge in [-0.2, -0.15) is 0 Å². The molecule has 5 heteroatoms. The summed E-state index contributed by atoms with van der Waals surface area (Å²) in [4.78, 5) is 12.2. The van der Waals surface area contributed by atoms with Crippen LogP contribution >= 0.6 is 23.2 Å². The molecule has 1 N–H and O–H groups in total. The van der Waals surface area contributed by atoms with Crippen molar-refractivity contribution in [2.75, 3.05) is 13.1 Å². The van der Waals surface area contributed by atoms with Crippen LogP contribution in [0.4, 0.5) is 0 Å². The second-order valence-electron chi connectivity index (χ2n) is 5.65. The zero-order valence-corrected chi connectivity index (χ0v) is 13.2. The minimum absolute atomic E-state index is 0.355. The first-order chi connectivity index (χ1) is 9.40. The summed E-state index contributed by atoms with van der Waals surface area (Å²) in [5.74, 6) is 0.0163. The van der Waals surface area contributed by atoms with Gasteiger partial charge in [0.1, 0.15) is 5.60 Å². The Morgan fingerprint density at radius 3 is 2.50 bits per heavy atom. The summed E-state index contributed by atoms with van der Waals surface area (Å²) in [6.07, 6.45) is 2.03. The number of ether oxygens (including phenoxy) is 1. The van der Waals surface area contributed by atoms with Gasteiger partial charge in [-0.25, -0.2) is 4.79 Å². The van der Waals surface area contributed by atoms with Gasteiger partial charge in [-0.1, -0.05) is 23.2 Å². The highest BCUT2D eigenvalue weighted by Gasteiger charge is 2.34. The number of hydrogen-bond acceptors (Lipinski definition) is 3. The van der Waals surface area contributed by atoms with Crippen molar-refractivity contribution >= 4 is 29.2 Å². The summed E-state index contributed by atoms with van der Waals surface area (Å²) < 4.78 is 5.69. The van der Waals surface area contributed by atoms with Crippen LogP contribution in [0.5, 0.6) is 0 Å². The van der Waals surface area contributed by atoms with E-state index in [1.54, 1.807) is 18.2 Å². The molecule has 1 aliphatic heterocycles. The van der Waals surface area contributed by atoms with Crippen LogP contribution in [0.25, 0.3) is 0 Å². The highest BCUT2D eigenvalue weighted by atomic mass is 35.5. The summed E-state index contributed by atoms with van der Waals surface area (Å²) in [5.41, 5.74) is -0.0490. The van der Waals surface area contributed by atoms with Crippen LogP contribution in [0, 0.1) is 5.92 Å². The molecule has 20 heavy (non-hydrogen) atoms. The third kappa shape index (κ3) is 3.66. The molecule has 0 spiro atoms. The maximum atomic E-state index is 12.2. The van der Waals surface area contributed by atoms with E-state index >= 15 is 0 Å². The Morgan fingerprint density at radius 2 is 1.90 bits per heavy atom. The number of carbonyl (C=O) groups is 1. The summed E-state index contributed by atoms with van der Waals surface area (Å²) >= 11 is 11.8. The van der Waals surface area contributed by atoms with Gasteiger partial charge in [0.25, 0.3) is 0 Å². The van der Waals surface area contributed by atoms with Crippen LogP contribution in [-0.2, 0) is 4.74 Å². The molecule has 1 saturated heterocycles. The second kappa shape index (κ2) is 6.33. The quantitative estimate of drug-likeness (QED) is 0.859. The number of rotatable bonds is 3. The molecule has 3 nitrogen and oxygen atoms in total. The van der Waals surface area contributed by atoms with Crippen LogP contribution in [0.3, 0.4) is 0 Å². The largest absolute Gasteiger partial charge is 0.456 e. The normalized spacial score (nSPS) is 17.0. The van der Waals surface area contributed by atoms with Gasteiger partial charge < -0.3 is 10.1 Å². The third-order valence-corrected chi connectivity index (χ3v) is 4.57. The Hall–Kier alpha value is -0.770. The van der Waals surface area contributed by atoms with Crippen molar-refractivity contribution in [1.29, 1.82) is 0 Å². The molecule has 1 aromatic carbocycles. The Bertz CT molecular complexity index is 497. The van der Waals surface area contributed by atoms with Gasteiger partial charge in [-0.15, -0.1) is 0 Å². The summed E-state index contributed by atoms with van der Waals surface area (Å²) in [5, 5.41) is 4.11. The van der Waals surface area contributed by atoms with Crippen LogP contribution in [0.15, 0.2) is 18.2 Å². The molecule has 0 aliphatic carbocycles. The van der Waals surface area contributed by atoms with E-state index in [1.807, 2.05) is 13.8 Å². The summed E-state index contributed by atoms with van der Waals surface area (Å²) in [7, 11) is 0. The fourth-order valence-electron chi connectivity index (χ4n) is 2.52. The molecule has 1 fully saturated rings. The zero-order valence-electron chi connectivity index (χ0n) is 11.7. The highest BCUT2D eigenvalue weighted by molar-refractivity contribution is 6.42. The average Bonchev–Trinajstić information content (AvgIpc) is 2.42. The minimum Gasteiger partial charge on any atom is -0.456 e. The molecule has 1 heterocycles. The molecular formula is C15H19Cl2NO2. The number of esters is 1. The van der Waals surface area contributed by atoms with Crippen LogP contribution < -0.4 is 5.32 Å². The average molecular weight is 316 g/mol. The van der Waals surface area contributed by atoms with E-state index in [9.17, 15) is 4.79 Å². The summed E-state index contributed by atoms with van der Waals surface area (Å²) in [6, 6.07) is 4.79. The molecule has 1 aliphatic rings. The fourth-order valence-corrected chi connectivity index (χ4v) is 2.82. The second-order valence-corrected chi connectivity index (χ2v) is 6.46. The van der Waals surface area contributed by atoms with Crippen molar-refractivity contribution in [2.45, 2.75) is 32.3 Å². The predicted molar refractivity (Wildman–Crippen MR) is 81.6 cm³/mol. The Kier molecular flexibility index (Phi) is 4.95. The molecule has 0 unspecified atom stereocenters. The van der Waals surface area contributed by atoms with Gasteiger partial charge in [0.2, 0.25) is 0 Å². The fraction of sp³-hybridized carbons (Fsp3) is 0.533. The van der Waals surface area contributed by atoms with Crippen molar-refractivity contribution in [1.82, 2.24) is 5.32 Å². The maximum absolute atomic E-state index is 12.2. The molecule has 0 bridgehead atoms. The molecule has 0 aromatic heterocycles. The van der Waals surface area contributed by atoms with Gasteiger partial charge in [-0.05, 0) is 58.0 Å². The van der Waals surface area contributed by atoms with E-state index in [-0.39, 0.29) is 5.97 Å². The van der Waals surface area contributed by atoms with Crippen molar-refractivity contribution in [3.63, 3.8) is 0 Å². The molecule has 0 amide bonds. The topological polar surface area (TPSA) is 38.3 Å². The van der Waals surface area contributed by atoms with Gasteiger partial charge in [-0.3, -0.25) is 0 Å². The van der Waals surface area contributed by atoms with Crippen LogP contribution in [0.1, 0.15) is 37.0 Å². The first kappa shape index (κ1) is 15.6. The van der Waals surface area contributed by atoms with Crippen LogP contribution in [0.2, 0.25) is 10.0 Å². The molecular weight excluding hydrogens is 297 g/mol. The zero-order chi connectivity index (χ0) is 14.8. The Morgan fingerprint density at radius 1 is 1.25 bits per heavy atom.